The molecule has 0 aliphatic carbocycles. The molecule has 0 aromatic heterocycles. The Balaban J connectivity index is 1.80. The van der Waals surface area contributed by atoms with Crippen molar-refractivity contribution in [2.24, 2.45) is 4.99 Å². The van der Waals surface area contributed by atoms with Crippen LogP contribution in [0.3, 0.4) is 0 Å². The number of sulfone groups is 1. The van der Waals surface area contributed by atoms with E-state index in [2.05, 4.69) is 41.4 Å². The van der Waals surface area contributed by atoms with Crippen molar-refractivity contribution in [3.05, 3.63) is 65.2 Å². The Morgan fingerprint density at radius 2 is 1.92 bits per heavy atom. The zero-order valence-electron chi connectivity index (χ0n) is 15.3. The SMILES string of the molecule is CCNC(=NCc1cccc(CS(C)(=O)=O)c1)N1CCc2ccccc21. The summed E-state index contributed by atoms with van der Waals surface area (Å²) < 4.78 is 23.0. The van der Waals surface area contributed by atoms with Gasteiger partial charge in [0.05, 0.1) is 12.3 Å². The van der Waals surface area contributed by atoms with E-state index in [0.29, 0.717) is 6.54 Å². The Bertz CT molecular complexity index is 907. The molecule has 0 fully saturated rings. The van der Waals surface area contributed by atoms with Gasteiger partial charge >= 0.3 is 0 Å². The molecule has 6 heteroatoms. The molecule has 0 saturated heterocycles. The average molecular weight is 372 g/mol. The minimum absolute atomic E-state index is 0.0596. The van der Waals surface area contributed by atoms with E-state index in [1.807, 2.05) is 24.3 Å². The van der Waals surface area contributed by atoms with E-state index in [1.165, 1.54) is 17.5 Å². The van der Waals surface area contributed by atoms with Crippen molar-refractivity contribution in [1.82, 2.24) is 5.32 Å². The van der Waals surface area contributed by atoms with Crippen molar-refractivity contribution in [2.45, 2.75) is 25.6 Å². The molecule has 0 radical (unpaired) electrons. The lowest BCUT2D eigenvalue weighted by Crippen LogP contribution is -2.40. The van der Waals surface area contributed by atoms with Crippen LogP contribution in [0.1, 0.15) is 23.6 Å². The van der Waals surface area contributed by atoms with Crippen LogP contribution in [-0.2, 0) is 28.6 Å². The van der Waals surface area contributed by atoms with E-state index in [0.717, 1.165) is 36.6 Å². The Labute approximate surface area is 155 Å². The normalized spacial score (nSPS) is 14.4. The fourth-order valence-electron chi connectivity index (χ4n) is 3.24. The van der Waals surface area contributed by atoms with E-state index in [9.17, 15) is 8.42 Å². The lowest BCUT2D eigenvalue weighted by Gasteiger charge is -2.22. The molecule has 0 amide bonds. The summed E-state index contributed by atoms with van der Waals surface area (Å²) in [5.41, 5.74) is 4.36. The second-order valence-corrected chi connectivity index (χ2v) is 8.73. The van der Waals surface area contributed by atoms with Gasteiger partial charge in [0.15, 0.2) is 15.8 Å². The Kier molecular flexibility index (Phi) is 5.61. The zero-order valence-corrected chi connectivity index (χ0v) is 16.1. The summed E-state index contributed by atoms with van der Waals surface area (Å²) in [5.74, 6) is 0.926. The smallest absolute Gasteiger partial charge is 0.198 e. The van der Waals surface area contributed by atoms with Crippen molar-refractivity contribution < 1.29 is 8.42 Å². The highest BCUT2D eigenvalue weighted by molar-refractivity contribution is 7.89. The highest BCUT2D eigenvalue weighted by atomic mass is 32.2. The first-order valence-corrected chi connectivity index (χ1v) is 10.9. The summed E-state index contributed by atoms with van der Waals surface area (Å²) in [4.78, 5) is 7.01. The monoisotopic (exact) mass is 371 g/mol. The topological polar surface area (TPSA) is 61.8 Å². The number of para-hydroxylation sites is 1. The van der Waals surface area contributed by atoms with Gasteiger partial charge in [-0.1, -0.05) is 42.5 Å². The maximum Gasteiger partial charge on any atom is 0.198 e. The van der Waals surface area contributed by atoms with Crippen LogP contribution in [0.2, 0.25) is 0 Å². The first-order valence-electron chi connectivity index (χ1n) is 8.85. The molecule has 0 unspecified atom stereocenters. The van der Waals surface area contributed by atoms with E-state index in [-0.39, 0.29) is 5.75 Å². The average Bonchev–Trinajstić information content (AvgIpc) is 3.01. The number of benzene rings is 2. The van der Waals surface area contributed by atoms with Crippen molar-refractivity contribution in [1.29, 1.82) is 0 Å². The van der Waals surface area contributed by atoms with Crippen molar-refractivity contribution in [3.8, 4) is 0 Å². The van der Waals surface area contributed by atoms with E-state index in [1.54, 1.807) is 0 Å². The lowest BCUT2D eigenvalue weighted by molar-refractivity contribution is 0.601. The predicted molar refractivity (Wildman–Crippen MR) is 107 cm³/mol. The molecule has 26 heavy (non-hydrogen) atoms. The number of hydrogen-bond acceptors (Lipinski definition) is 3. The molecule has 0 saturated carbocycles. The van der Waals surface area contributed by atoms with Gasteiger partial charge in [-0.05, 0) is 36.1 Å². The molecule has 0 atom stereocenters. The summed E-state index contributed by atoms with van der Waals surface area (Å²) in [6.07, 6.45) is 2.27. The molecule has 2 aromatic rings. The first-order chi connectivity index (χ1) is 12.5. The zero-order chi connectivity index (χ0) is 18.6. The molecule has 0 spiro atoms. The number of nitrogens with one attached hydrogen (secondary N) is 1. The number of nitrogens with zero attached hydrogens (tertiary/aromatic N) is 2. The Morgan fingerprint density at radius 3 is 2.69 bits per heavy atom. The molecule has 3 rings (SSSR count). The number of rotatable bonds is 5. The summed E-state index contributed by atoms with van der Waals surface area (Å²) in [6.45, 7) is 4.29. The molecule has 5 nitrogen and oxygen atoms in total. The van der Waals surface area contributed by atoms with Crippen molar-refractivity contribution >= 4 is 21.5 Å². The van der Waals surface area contributed by atoms with Gasteiger partial charge in [0.1, 0.15) is 0 Å². The summed E-state index contributed by atoms with van der Waals surface area (Å²) >= 11 is 0. The summed E-state index contributed by atoms with van der Waals surface area (Å²) in [7, 11) is -3.04. The molecule has 0 bridgehead atoms. The lowest BCUT2D eigenvalue weighted by atomic mass is 10.1. The largest absolute Gasteiger partial charge is 0.356 e. The van der Waals surface area contributed by atoms with Crippen LogP contribution in [0.25, 0.3) is 0 Å². The molecule has 138 valence electrons. The van der Waals surface area contributed by atoms with Gasteiger partial charge in [-0.2, -0.15) is 0 Å². The maximum absolute atomic E-state index is 11.5. The van der Waals surface area contributed by atoms with Crippen LogP contribution < -0.4 is 10.2 Å². The fraction of sp³-hybridized carbons (Fsp3) is 0.350. The van der Waals surface area contributed by atoms with Gasteiger partial charge < -0.3 is 10.2 Å². The molecule has 2 aromatic carbocycles. The number of guanidine groups is 1. The molecular weight excluding hydrogens is 346 g/mol. The minimum atomic E-state index is -3.04. The maximum atomic E-state index is 11.5. The fourth-order valence-corrected chi connectivity index (χ4v) is 4.02. The third kappa shape index (κ3) is 4.64. The van der Waals surface area contributed by atoms with Crippen LogP contribution in [0.15, 0.2) is 53.5 Å². The quantitative estimate of drug-likeness (QED) is 0.648. The number of anilines is 1. The predicted octanol–water partition coefficient (Wildman–Crippen LogP) is 2.76. The van der Waals surface area contributed by atoms with Crippen molar-refractivity contribution in [3.63, 3.8) is 0 Å². The molecular formula is C20H25N3O2S. The second kappa shape index (κ2) is 7.91. The van der Waals surface area contributed by atoms with E-state index < -0.39 is 9.84 Å². The van der Waals surface area contributed by atoms with Gasteiger partial charge in [0.2, 0.25) is 0 Å². The molecule has 1 heterocycles. The van der Waals surface area contributed by atoms with Crippen molar-refractivity contribution in [2.75, 3.05) is 24.2 Å². The molecule has 1 aliphatic rings. The number of hydrogen-bond donors (Lipinski definition) is 1. The summed E-state index contributed by atoms with van der Waals surface area (Å²) in [5, 5.41) is 3.37. The van der Waals surface area contributed by atoms with Gasteiger partial charge in [-0.25, -0.2) is 13.4 Å². The third-order valence-electron chi connectivity index (χ3n) is 4.31. The standard InChI is InChI=1S/C20H25N3O2S/c1-3-21-20(23-12-11-18-9-4-5-10-19(18)23)22-14-16-7-6-8-17(13-16)15-26(2,24)25/h4-10,13H,3,11-12,14-15H2,1-2H3,(H,21,22). The molecule has 1 N–H and O–H groups in total. The van der Waals surface area contributed by atoms with E-state index >= 15 is 0 Å². The van der Waals surface area contributed by atoms with Crippen LogP contribution in [0.5, 0.6) is 0 Å². The summed E-state index contributed by atoms with van der Waals surface area (Å²) in [6, 6.07) is 16.0. The highest BCUT2D eigenvalue weighted by Gasteiger charge is 2.22. The van der Waals surface area contributed by atoms with Gasteiger partial charge in [0.25, 0.3) is 0 Å². The van der Waals surface area contributed by atoms with Gasteiger partial charge in [0, 0.05) is 25.0 Å². The first kappa shape index (κ1) is 18.5. The highest BCUT2D eigenvalue weighted by Crippen LogP contribution is 2.27. The molecule has 1 aliphatic heterocycles. The van der Waals surface area contributed by atoms with Crippen LogP contribution >= 0.6 is 0 Å². The van der Waals surface area contributed by atoms with E-state index in [4.69, 9.17) is 4.99 Å². The third-order valence-corrected chi connectivity index (χ3v) is 5.17. The number of fused-ring (bicyclic) bond motifs is 1. The number of aliphatic imine (C=N–C) groups is 1. The van der Waals surface area contributed by atoms with Crippen LogP contribution in [0, 0.1) is 0 Å². The van der Waals surface area contributed by atoms with Crippen LogP contribution in [-0.4, -0.2) is 33.7 Å². The van der Waals surface area contributed by atoms with Gasteiger partial charge in [-0.3, -0.25) is 0 Å². The Hall–Kier alpha value is -2.34. The van der Waals surface area contributed by atoms with Gasteiger partial charge in [-0.15, -0.1) is 0 Å². The van der Waals surface area contributed by atoms with Crippen LogP contribution in [0.4, 0.5) is 5.69 Å². The second-order valence-electron chi connectivity index (χ2n) is 6.59. The Morgan fingerprint density at radius 1 is 1.15 bits per heavy atom. The minimum Gasteiger partial charge on any atom is -0.356 e.